The Bertz CT molecular complexity index is 215. The third-order valence-electron chi connectivity index (χ3n) is 2.68. The Morgan fingerprint density at radius 1 is 1.50 bits per heavy atom. The second kappa shape index (κ2) is 4.89. The van der Waals surface area contributed by atoms with Gasteiger partial charge in [0, 0.05) is 6.54 Å². The molecular formula is C11H20FNO. The highest BCUT2D eigenvalue weighted by molar-refractivity contribution is 5.15. The van der Waals surface area contributed by atoms with Crippen molar-refractivity contribution < 1.29 is 9.13 Å². The van der Waals surface area contributed by atoms with Crippen molar-refractivity contribution in [3.8, 4) is 0 Å². The second-order valence-electron chi connectivity index (χ2n) is 4.25. The van der Waals surface area contributed by atoms with Gasteiger partial charge in [-0.1, -0.05) is 0 Å². The molecule has 1 heterocycles. The Balaban J connectivity index is 2.64. The second-order valence-corrected chi connectivity index (χ2v) is 4.25. The van der Waals surface area contributed by atoms with Gasteiger partial charge < -0.3 is 4.74 Å². The topological polar surface area (TPSA) is 12.5 Å². The highest BCUT2D eigenvalue weighted by Gasteiger charge is 2.32. The van der Waals surface area contributed by atoms with Crippen molar-refractivity contribution in [3.63, 3.8) is 0 Å². The quantitative estimate of drug-likeness (QED) is 0.695. The zero-order valence-corrected chi connectivity index (χ0v) is 9.46. The zero-order valence-electron chi connectivity index (χ0n) is 9.46. The maximum atomic E-state index is 12.6. The zero-order chi connectivity index (χ0) is 10.7. The van der Waals surface area contributed by atoms with Gasteiger partial charge in [0.05, 0.1) is 24.6 Å². The van der Waals surface area contributed by atoms with Crippen molar-refractivity contribution in [1.82, 2.24) is 4.90 Å². The molecule has 1 aliphatic rings. The van der Waals surface area contributed by atoms with E-state index in [1.54, 1.807) is 0 Å². The molecule has 0 saturated carbocycles. The Hall–Kier alpha value is -0.410. The SMILES string of the molecule is CC(C)O[C@@H](C)C1/C(=C\F)CCN1C. The van der Waals surface area contributed by atoms with Crippen LogP contribution in [0.2, 0.25) is 0 Å². The smallest absolute Gasteiger partial charge is 0.0876 e. The molecule has 1 rings (SSSR count). The average Bonchev–Trinajstić information content (AvgIpc) is 2.45. The number of hydrogen-bond donors (Lipinski definition) is 0. The van der Waals surface area contributed by atoms with E-state index in [4.69, 9.17) is 4.74 Å². The van der Waals surface area contributed by atoms with E-state index in [0.717, 1.165) is 24.9 Å². The van der Waals surface area contributed by atoms with Gasteiger partial charge in [-0.3, -0.25) is 4.90 Å². The summed E-state index contributed by atoms with van der Waals surface area (Å²) in [4.78, 5) is 2.15. The molecule has 0 aromatic heterocycles. The van der Waals surface area contributed by atoms with Crippen LogP contribution in [0, 0.1) is 0 Å². The van der Waals surface area contributed by atoms with E-state index >= 15 is 0 Å². The molecule has 0 aliphatic carbocycles. The largest absolute Gasteiger partial charge is 0.374 e. The molecule has 0 aromatic rings. The van der Waals surface area contributed by atoms with Gasteiger partial charge in [0.2, 0.25) is 0 Å². The Morgan fingerprint density at radius 2 is 2.14 bits per heavy atom. The molecule has 1 fully saturated rings. The van der Waals surface area contributed by atoms with E-state index in [0.29, 0.717) is 0 Å². The Kier molecular flexibility index (Phi) is 4.08. The predicted octanol–water partition coefficient (Wildman–Crippen LogP) is 2.36. The van der Waals surface area contributed by atoms with Gasteiger partial charge in [-0.15, -0.1) is 0 Å². The number of likely N-dealkylation sites (tertiary alicyclic amines) is 1. The lowest BCUT2D eigenvalue weighted by atomic mass is 10.1. The fourth-order valence-corrected chi connectivity index (χ4v) is 2.16. The summed E-state index contributed by atoms with van der Waals surface area (Å²) in [5.74, 6) is 0. The van der Waals surface area contributed by atoms with Gasteiger partial charge in [0.25, 0.3) is 0 Å². The lowest BCUT2D eigenvalue weighted by Crippen LogP contribution is -2.38. The lowest BCUT2D eigenvalue weighted by Gasteiger charge is -2.28. The molecule has 82 valence electrons. The van der Waals surface area contributed by atoms with Gasteiger partial charge in [0.15, 0.2) is 0 Å². The molecule has 1 saturated heterocycles. The molecule has 2 atom stereocenters. The standard InChI is InChI=1S/C11H20FNO/c1-8(2)14-9(3)11-10(7-12)5-6-13(11)4/h7-9,11H,5-6H2,1-4H3/b10-7-/t9-,11?/m0/s1. The molecule has 0 N–H and O–H groups in total. The average molecular weight is 201 g/mol. The maximum absolute atomic E-state index is 12.6. The fraction of sp³-hybridized carbons (Fsp3) is 0.818. The normalized spacial score (nSPS) is 29.0. The van der Waals surface area contributed by atoms with Crippen LogP contribution in [0.25, 0.3) is 0 Å². The molecule has 1 unspecified atom stereocenters. The first-order chi connectivity index (χ1) is 6.56. The minimum absolute atomic E-state index is 0.0597. The van der Waals surface area contributed by atoms with Crippen LogP contribution in [-0.4, -0.2) is 36.7 Å². The van der Waals surface area contributed by atoms with Crippen molar-refractivity contribution in [2.24, 2.45) is 0 Å². The molecule has 0 bridgehead atoms. The van der Waals surface area contributed by atoms with Crippen molar-refractivity contribution >= 4 is 0 Å². The Labute approximate surface area is 85.7 Å². The van der Waals surface area contributed by atoms with Crippen LogP contribution in [0.1, 0.15) is 27.2 Å². The van der Waals surface area contributed by atoms with Gasteiger partial charge in [-0.25, -0.2) is 4.39 Å². The summed E-state index contributed by atoms with van der Waals surface area (Å²) in [5, 5.41) is 0. The molecular weight excluding hydrogens is 181 g/mol. The molecule has 2 nitrogen and oxygen atoms in total. The number of rotatable bonds is 3. The summed E-state index contributed by atoms with van der Waals surface area (Å²) in [6, 6.07) is 0.113. The minimum atomic E-state index is 0.0597. The summed E-state index contributed by atoms with van der Waals surface area (Å²) in [6.07, 6.45) is 1.82. The first kappa shape index (κ1) is 11.7. The number of likely N-dealkylation sites (N-methyl/N-ethyl adjacent to an activating group) is 1. The molecule has 0 spiro atoms. The fourth-order valence-electron chi connectivity index (χ4n) is 2.16. The van der Waals surface area contributed by atoms with Gasteiger partial charge in [-0.2, -0.15) is 0 Å². The van der Waals surface area contributed by atoms with Gasteiger partial charge in [-0.05, 0) is 39.8 Å². The van der Waals surface area contributed by atoms with Crippen LogP contribution in [0.15, 0.2) is 11.9 Å². The van der Waals surface area contributed by atoms with Gasteiger partial charge in [0.1, 0.15) is 0 Å². The highest BCUT2D eigenvalue weighted by Crippen LogP contribution is 2.26. The highest BCUT2D eigenvalue weighted by atomic mass is 19.1. The van der Waals surface area contributed by atoms with E-state index in [2.05, 4.69) is 4.90 Å². The van der Waals surface area contributed by atoms with Crippen LogP contribution < -0.4 is 0 Å². The van der Waals surface area contributed by atoms with Crippen molar-refractivity contribution in [1.29, 1.82) is 0 Å². The first-order valence-corrected chi connectivity index (χ1v) is 5.21. The third-order valence-corrected chi connectivity index (χ3v) is 2.68. The number of nitrogens with zero attached hydrogens (tertiary/aromatic N) is 1. The van der Waals surface area contributed by atoms with Crippen LogP contribution >= 0.6 is 0 Å². The number of ether oxygens (including phenoxy) is 1. The number of halogens is 1. The van der Waals surface area contributed by atoms with Crippen LogP contribution in [0.3, 0.4) is 0 Å². The minimum Gasteiger partial charge on any atom is -0.374 e. The lowest BCUT2D eigenvalue weighted by molar-refractivity contribution is -0.0127. The van der Waals surface area contributed by atoms with Crippen LogP contribution in [-0.2, 0) is 4.74 Å². The summed E-state index contributed by atoms with van der Waals surface area (Å²) in [6.45, 7) is 6.94. The Morgan fingerprint density at radius 3 is 2.64 bits per heavy atom. The summed E-state index contributed by atoms with van der Waals surface area (Å²) in [5.41, 5.74) is 0.862. The monoisotopic (exact) mass is 201 g/mol. The molecule has 0 radical (unpaired) electrons. The van der Waals surface area contributed by atoms with E-state index in [1.807, 2.05) is 27.8 Å². The predicted molar refractivity (Wildman–Crippen MR) is 55.9 cm³/mol. The summed E-state index contributed by atoms with van der Waals surface area (Å²) >= 11 is 0. The van der Waals surface area contributed by atoms with E-state index in [-0.39, 0.29) is 18.2 Å². The first-order valence-electron chi connectivity index (χ1n) is 5.21. The van der Waals surface area contributed by atoms with Gasteiger partial charge >= 0.3 is 0 Å². The van der Waals surface area contributed by atoms with E-state index in [9.17, 15) is 4.39 Å². The van der Waals surface area contributed by atoms with Crippen LogP contribution in [0.5, 0.6) is 0 Å². The third kappa shape index (κ3) is 2.55. The molecule has 3 heteroatoms. The summed E-state index contributed by atoms with van der Waals surface area (Å²) < 4.78 is 18.3. The number of hydrogen-bond acceptors (Lipinski definition) is 2. The maximum Gasteiger partial charge on any atom is 0.0876 e. The molecule has 0 amide bonds. The van der Waals surface area contributed by atoms with Crippen molar-refractivity contribution in [2.45, 2.75) is 45.4 Å². The molecule has 1 aliphatic heterocycles. The van der Waals surface area contributed by atoms with Crippen LogP contribution in [0.4, 0.5) is 4.39 Å². The molecule has 14 heavy (non-hydrogen) atoms. The van der Waals surface area contributed by atoms with Crippen molar-refractivity contribution in [3.05, 3.63) is 11.9 Å². The summed E-state index contributed by atoms with van der Waals surface area (Å²) in [7, 11) is 2.02. The van der Waals surface area contributed by atoms with Crippen molar-refractivity contribution in [2.75, 3.05) is 13.6 Å². The van der Waals surface area contributed by atoms with E-state index in [1.165, 1.54) is 0 Å². The molecule has 0 aromatic carbocycles. The van der Waals surface area contributed by atoms with E-state index < -0.39 is 0 Å².